The highest BCUT2D eigenvalue weighted by Gasteiger charge is 2.21. The number of hydrogen-bond donors (Lipinski definition) is 2. The average Bonchev–Trinajstić information content (AvgIpc) is 3.41. The summed E-state index contributed by atoms with van der Waals surface area (Å²) in [5, 5.41) is 17.1. The number of para-hydroxylation sites is 1. The molecule has 42 heavy (non-hydrogen) atoms. The minimum atomic E-state index is -0.179. The quantitative estimate of drug-likeness (QED) is 0.181. The third kappa shape index (κ3) is 8.32. The zero-order valence-electron chi connectivity index (χ0n) is 23.5. The number of aromatic nitrogens is 2. The molecule has 4 rings (SSSR count). The van der Waals surface area contributed by atoms with Crippen molar-refractivity contribution >= 4 is 52.1 Å². The molecule has 0 bridgehead atoms. The van der Waals surface area contributed by atoms with Gasteiger partial charge in [0.15, 0.2) is 5.11 Å². The van der Waals surface area contributed by atoms with Crippen LogP contribution in [0.5, 0.6) is 0 Å². The van der Waals surface area contributed by atoms with E-state index in [-0.39, 0.29) is 18.4 Å². The van der Waals surface area contributed by atoms with Crippen LogP contribution in [0.4, 0.5) is 5.69 Å². The second-order valence-electron chi connectivity index (χ2n) is 10.0. The van der Waals surface area contributed by atoms with Gasteiger partial charge in [0.25, 0.3) is 0 Å². The van der Waals surface area contributed by atoms with Gasteiger partial charge in [-0.1, -0.05) is 72.6 Å². The number of anilines is 1. The van der Waals surface area contributed by atoms with E-state index in [9.17, 15) is 4.79 Å². The third-order valence-electron chi connectivity index (χ3n) is 6.94. The Morgan fingerprint density at radius 2 is 1.88 bits per heavy atom. The number of carbonyl (C=O) groups excluding carboxylic acids is 1. The Kier molecular flexibility index (Phi) is 11.0. The van der Waals surface area contributed by atoms with Crippen molar-refractivity contribution in [3.05, 3.63) is 117 Å². The van der Waals surface area contributed by atoms with Crippen LogP contribution in [0, 0.1) is 18.3 Å². The van der Waals surface area contributed by atoms with E-state index in [1.807, 2.05) is 71.8 Å². The molecule has 0 saturated carbocycles. The molecule has 7 nitrogen and oxygen atoms in total. The highest BCUT2D eigenvalue weighted by molar-refractivity contribution is 7.80. The summed E-state index contributed by atoms with van der Waals surface area (Å²) < 4.78 is 1.94. The van der Waals surface area contributed by atoms with E-state index >= 15 is 0 Å². The fraction of sp³-hybridized carbons (Fsp3) is 0.250. The molecule has 0 unspecified atom stereocenters. The van der Waals surface area contributed by atoms with Crippen molar-refractivity contribution in [2.45, 2.75) is 45.8 Å². The maximum Gasteiger partial charge on any atom is 0.226 e. The number of benzene rings is 3. The van der Waals surface area contributed by atoms with Gasteiger partial charge in [-0.3, -0.25) is 4.79 Å². The van der Waals surface area contributed by atoms with Crippen molar-refractivity contribution in [1.82, 2.24) is 19.8 Å². The molecule has 216 valence electrons. The number of nitrogens with zero attached hydrogens (tertiary/aromatic N) is 4. The molecule has 0 radical (unpaired) electrons. The fourth-order valence-corrected chi connectivity index (χ4v) is 5.14. The van der Waals surface area contributed by atoms with E-state index in [0.29, 0.717) is 46.8 Å². The molecular weight excluding hydrogens is 587 g/mol. The van der Waals surface area contributed by atoms with Crippen LogP contribution in [-0.2, 0) is 24.3 Å². The minimum absolute atomic E-state index is 0.109. The van der Waals surface area contributed by atoms with Crippen LogP contribution in [-0.4, -0.2) is 38.1 Å². The molecule has 1 atom stereocenters. The number of aryl methyl sites for hydroxylation is 1. The smallest absolute Gasteiger partial charge is 0.226 e. The molecule has 0 saturated heterocycles. The summed E-state index contributed by atoms with van der Waals surface area (Å²) in [7, 11) is 0. The average molecular weight is 620 g/mol. The van der Waals surface area contributed by atoms with Crippen molar-refractivity contribution in [3.63, 3.8) is 0 Å². The van der Waals surface area contributed by atoms with Crippen LogP contribution < -0.4 is 10.6 Å². The molecule has 1 amide bonds. The predicted molar refractivity (Wildman–Crippen MR) is 173 cm³/mol. The van der Waals surface area contributed by atoms with E-state index < -0.39 is 0 Å². The second kappa shape index (κ2) is 14.8. The summed E-state index contributed by atoms with van der Waals surface area (Å²) in [5.74, 6) is -0.109. The SMILES string of the molecule is CC[C@@H](CN(Cc1cccc(Cl)c1Cl)C(=S)Nc1ccccc1C)NC(=O)Cc1cncn1Cc1ccc(C#N)cc1. The highest BCUT2D eigenvalue weighted by atomic mass is 35.5. The molecule has 10 heteroatoms. The van der Waals surface area contributed by atoms with E-state index in [0.717, 1.165) is 28.1 Å². The number of halogens is 2. The Hall–Kier alpha value is -3.90. The molecule has 3 aromatic carbocycles. The molecule has 2 N–H and O–H groups in total. The Bertz CT molecular complexity index is 1580. The normalized spacial score (nSPS) is 11.4. The van der Waals surface area contributed by atoms with E-state index in [1.165, 1.54) is 0 Å². The number of carbonyl (C=O) groups is 1. The van der Waals surface area contributed by atoms with Crippen LogP contribution >= 0.6 is 35.4 Å². The Labute approximate surface area is 262 Å². The van der Waals surface area contributed by atoms with Crippen molar-refractivity contribution in [1.29, 1.82) is 5.26 Å². The summed E-state index contributed by atoms with van der Waals surface area (Å²) in [6.45, 7) is 5.49. The van der Waals surface area contributed by atoms with Gasteiger partial charge >= 0.3 is 0 Å². The Balaban J connectivity index is 1.46. The first-order valence-corrected chi connectivity index (χ1v) is 14.8. The summed E-state index contributed by atoms with van der Waals surface area (Å²) in [5.41, 5.74) is 5.24. The van der Waals surface area contributed by atoms with Gasteiger partial charge in [-0.2, -0.15) is 5.26 Å². The molecule has 0 aliphatic carbocycles. The van der Waals surface area contributed by atoms with Crippen LogP contribution in [0.3, 0.4) is 0 Å². The first kappa shape index (κ1) is 31.0. The molecule has 0 aliphatic rings. The maximum atomic E-state index is 13.2. The first-order chi connectivity index (χ1) is 20.3. The van der Waals surface area contributed by atoms with Crippen molar-refractivity contribution in [2.24, 2.45) is 0 Å². The van der Waals surface area contributed by atoms with Gasteiger partial charge in [-0.05, 0) is 66.5 Å². The van der Waals surface area contributed by atoms with Gasteiger partial charge in [0, 0.05) is 43.3 Å². The van der Waals surface area contributed by atoms with Crippen molar-refractivity contribution in [3.8, 4) is 6.07 Å². The topological polar surface area (TPSA) is 86.0 Å². The number of rotatable bonds is 11. The lowest BCUT2D eigenvalue weighted by atomic mass is 10.1. The van der Waals surface area contributed by atoms with Gasteiger partial charge < -0.3 is 20.1 Å². The zero-order valence-corrected chi connectivity index (χ0v) is 25.8. The fourth-order valence-electron chi connectivity index (χ4n) is 4.51. The van der Waals surface area contributed by atoms with Gasteiger partial charge in [0.1, 0.15) is 0 Å². The highest BCUT2D eigenvalue weighted by Crippen LogP contribution is 2.27. The minimum Gasteiger partial charge on any atom is -0.351 e. The van der Waals surface area contributed by atoms with Gasteiger partial charge in [0.05, 0.1) is 34.4 Å². The van der Waals surface area contributed by atoms with E-state index in [1.54, 1.807) is 30.7 Å². The van der Waals surface area contributed by atoms with Crippen LogP contribution in [0.2, 0.25) is 10.0 Å². The van der Waals surface area contributed by atoms with Crippen LogP contribution in [0.25, 0.3) is 0 Å². The monoisotopic (exact) mass is 618 g/mol. The van der Waals surface area contributed by atoms with Crippen LogP contribution in [0.1, 0.15) is 41.3 Å². The molecule has 4 aromatic rings. The lowest BCUT2D eigenvalue weighted by Gasteiger charge is -2.31. The Morgan fingerprint density at radius 3 is 2.60 bits per heavy atom. The summed E-state index contributed by atoms with van der Waals surface area (Å²) >= 11 is 18.7. The number of amides is 1. The molecule has 1 heterocycles. The van der Waals surface area contributed by atoms with E-state index in [4.69, 9.17) is 40.7 Å². The lowest BCUT2D eigenvalue weighted by Crippen LogP contribution is -2.47. The second-order valence-corrected chi connectivity index (χ2v) is 11.2. The van der Waals surface area contributed by atoms with Gasteiger partial charge in [-0.15, -0.1) is 0 Å². The number of thiocarbonyl (C=S) groups is 1. The zero-order chi connectivity index (χ0) is 30.1. The number of hydrogen-bond acceptors (Lipinski definition) is 4. The van der Waals surface area contributed by atoms with Crippen molar-refractivity contribution < 1.29 is 4.79 Å². The molecular formula is C32H32Cl2N6OS. The molecule has 0 aliphatic heterocycles. The van der Waals surface area contributed by atoms with E-state index in [2.05, 4.69) is 21.7 Å². The summed E-state index contributed by atoms with van der Waals surface area (Å²) in [4.78, 5) is 19.5. The number of nitrogens with one attached hydrogen (secondary N) is 2. The predicted octanol–water partition coefficient (Wildman–Crippen LogP) is 6.75. The van der Waals surface area contributed by atoms with Crippen LogP contribution in [0.15, 0.2) is 79.3 Å². The standard InChI is InChI=1S/C32H32Cl2N6OS/c1-3-26(37-30(41)15-27-17-36-21-40(27)18-24-13-11-23(16-35)12-14-24)20-39(19-25-8-6-9-28(33)31(25)34)32(42)38-29-10-5-4-7-22(29)2/h4-14,17,21,26H,3,15,18-20H2,1-2H3,(H,37,41)(H,38,42)/t26-/m0/s1. The maximum absolute atomic E-state index is 13.2. The molecule has 1 aromatic heterocycles. The molecule has 0 spiro atoms. The van der Waals surface area contributed by atoms with Crippen molar-refractivity contribution in [2.75, 3.05) is 11.9 Å². The Morgan fingerprint density at radius 1 is 1.12 bits per heavy atom. The van der Waals surface area contributed by atoms with Gasteiger partial charge in [-0.25, -0.2) is 4.98 Å². The summed E-state index contributed by atoms with van der Waals surface area (Å²) in [6.07, 6.45) is 4.30. The number of nitriles is 1. The molecule has 0 fully saturated rings. The lowest BCUT2D eigenvalue weighted by molar-refractivity contribution is -0.121. The van der Waals surface area contributed by atoms with Gasteiger partial charge in [0.2, 0.25) is 5.91 Å². The summed E-state index contributed by atoms with van der Waals surface area (Å²) in [6, 6.07) is 22.8. The first-order valence-electron chi connectivity index (χ1n) is 13.6. The third-order valence-corrected chi connectivity index (χ3v) is 8.16. The largest absolute Gasteiger partial charge is 0.351 e. The number of imidazole rings is 1.